The molecule has 2 heterocycles. The molecule has 1 unspecified atom stereocenters. The van der Waals surface area contributed by atoms with Crippen LogP contribution >= 0.6 is 11.3 Å². The quantitative estimate of drug-likeness (QED) is 0.799. The summed E-state index contributed by atoms with van der Waals surface area (Å²) in [6.07, 6.45) is 7.35. The number of thiazole rings is 1. The normalized spacial score (nSPS) is 20.2. The summed E-state index contributed by atoms with van der Waals surface area (Å²) in [4.78, 5) is 4.33. The largest absolute Gasteiger partial charge is 0.324 e. The predicted molar refractivity (Wildman–Crippen MR) is 61.3 cm³/mol. The van der Waals surface area contributed by atoms with Gasteiger partial charge >= 0.3 is 0 Å². The van der Waals surface area contributed by atoms with E-state index in [0.29, 0.717) is 0 Å². The summed E-state index contributed by atoms with van der Waals surface area (Å²) in [6, 6.07) is 2.36. The van der Waals surface area contributed by atoms with Crippen LogP contribution in [0.2, 0.25) is 0 Å². The zero-order chi connectivity index (χ0) is 10.3. The van der Waals surface area contributed by atoms with Gasteiger partial charge in [-0.05, 0) is 30.9 Å². The minimum absolute atomic E-state index is 0.218. The first-order chi connectivity index (χ1) is 7.36. The van der Waals surface area contributed by atoms with Crippen molar-refractivity contribution in [3.05, 3.63) is 35.1 Å². The molecule has 2 aromatic heterocycles. The third kappa shape index (κ3) is 1.41. The third-order valence-electron chi connectivity index (χ3n) is 2.98. The Labute approximate surface area is 92.6 Å². The number of hydrogen-bond donors (Lipinski definition) is 1. The molecule has 0 amide bonds. The van der Waals surface area contributed by atoms with Gasteiger partial charge in [-0.1, -0.05) is 0 Å². The second kappa shape index (κ2) is 3.47. The minimum atomic E-state index is 0.218. The summed E-state index contributed by atoms with van der Waals surface area (Å²) in [5, 5.41) is 3.05. The van der Waals surface area contributed by atoms with E-state index in [4.69, 9.17) is 5.73 Å². The average molecular weight is 219 g/mol. The Hall–Kier alpha value is -1.13. The van der Waals surface area contributed by atoms with Crippen LogP contribution in [-0.2, 0) is 6.42 Å². The van der Waals surface area contributed by atoms with Crippen molar-refractivity contribution in [2.75, 3.05) is 0 Å². The minimum Gasteiger partial charge on any atom is -0.324 e. The average Bonchev–Trinajstić information content (AvgIpc) is 2.85. The highest BCUT2D eigenvalue weighted by molar-refractivity contribution is 7.12. The molecule has 2 aromatic rings. The Morgan fingerprint density at radius 2 is 2.47 bits per heavy atom. The van der Waals surface area contributed by atoms with Gasteiger partial charge in [0.15, 0.2) is 5.13 Å². The molecule has 0 saturated carbocycles. The van der Waals surface area contributed by atoms with E-state index in [9.17, 15) is 0 Å². The maximum atomic E-state index is 6.08. The summed E-state index contributed by atoms with van der Waals surface area (Å²) < 4.78 is 2.18. The summed E-state index contributed by atoms with van der Waals surface area (Å²) >= 11 is 1.67. The number of rotatable bonds is 1. The van der Waals surface area contributed by atoms with Crippen LogP contribution in [0, 0.1) is 0 Å². The van der Waals surface area contributed by atoms with Crippen LogP contribution in [0.4, 0.5) is 0 Å². The molecule has 2 N–H and O–H groups in total. The van der Waals surface area contributed by atoms with Gasteiger partial charge in [0.05, 0.1) is 0 Å². The lowest BCUT2D eigenvalue weighted by Gasteiger charge is -2.20. The van der Waals surface area contributed by atoms with Gasteiger partial charge in [0, 0.05) is 29.5 Å². The third-order valence-corrected chi connectivity index (χ3v) is 3.75. The van der Waals surface area contributed by atoms with Crippen molar-refractivity contribution >= 4 is 11.3 Å². The number of hydrogen-bond acceptors (Lipinski definition) is 3. The maximum Gasteiger partial charge on any atom is 0.193 e. The molecule has 3 rings (SSSR count). The zero-order valence-electron chi connectivity index (χ0n) is 8.39. The molecular weight excluding hydrogens is 206 g/mol. The molecule has 1 atom stereocenters. The van der Waals surface area contributed by atoms with E-state index in [1.54, 1.807) is 11.3 Å². The Morgan fingerprint density at radius 1 is 1.53 bits per heavy atom. The number of aromatic nitrogens is 2. The highest BCUT2D eigenvalue weighted by Gasteiger charge is 2.21. The maximum absolute atomic E-state index is 6.08. The van der Waals surface area contributed by atoms with Crippen molar-refractivity contribution < 1.29 is 0 Å². The fourth-order valence-corrected chi connectivity index (χ4v) is 2.89. The molecule has 78 valence electrons. The van der Waals surface area contributed by atoms with E-state index in [2.05, 4.69) is 21.8 Å². The monoisotopic (exact) mass is 219 g/mol. The van der Waals surface area contributed by atoms with Gasteiger partial charge < -0.3 is 5.73 Å². The summed E-state index contributed by atoms with van der Waals surface area (Å²) in [5.74, 6) is 0. The zero-order valence-corrected chi connectivity index (χ0v) is 9.20. The first-order valence-electron chi connectivity index (χ1n) is 5.22. The number of nitrogens with two attached hydrogens (primary N) is 1. The van der Waals surface area contributed by atoms with E-state index in [-0.39, 0.29) is 6.04 Å². The fourth-order valence-electron chi connectivity index (χ4n) is 2.24. The molecule has 0 fully saturated rings. The van der Waals surface area contributed by atoms with Gasteiger partial charge in [0.25, 0.3) is 0 Å². The standard InChI is InChI=1S/C11H13N3S/c12-9-2-1-3-10-8(9)4-6-14(10)11-13-5-7-15-11/h4-7,9H,1-3,12H2. The van der Waals surface area contributed by atoms with Crippen molar-refractivity contribution in [2.24, 2.45) is 5.73 Å². The van der Waals surface area contributed by atoms with Crippen LogP contribution in [0.3, 0.4) is 0 Å². The van der Waals surface area contributed by atoms with E-state index in [0.717, 1.165) is 18.0 Å². The second-order valence-corrected chi connectivity index (χ2v) is 4.77. The first-order valence-corrected chi connectivity index (χ1v) is 6.10. The molecule has 1 aliphatic rings. The molecular formula is C11H13N3S. The lowest BCUT2D eigenvalue weighted by atomic mass is 9.94. The molecule has 4 heteroatoms. The molecule has 0 aromatic carbocycles. The van der Waals surface area contributed by atoms with Gasteiger partial charge in [0.1, 0.15) is 0 Å². The van der Waals surface area contributed by atoms with Crippen molar-refractivity contribution in [3.63, 3.8) is 0 Å². The Morgan fingerprint density at radius 3 is 3.27 bits per heavy atom. The van der Waals surface area contributed by atoms with Gasteiger partial charge in [0.2, 0.25) is 0 Å². The first kappa shape index (κ1) is 9.12. The highest BCUT2D eigenvalue weighted by atomic mass is 32.1. The molecule has 0 radical (unpaired) electrons. The fraction of sp³-hybridized carbons (Fsp3) is 0.364. The highest BCUT2D eigenvalue weighted by Crippen LogP contribution is 2.30. The number of nitrogens with zero attached hydrogens (tertiary/aromatic N) is 2. The van der Waals surface area contributed by atoms with Crippen molar-refractivity contribution in [1.29, 1.82) is 0 Å². The molecule has 0 bridgehead atoms. The van der Waals surface area contributed by atoms with Gasteiger partial charge in [-0.15, -0.1) is 11.3 Å². The summed E-state index contributed by atoms with van der Waals surface area (Å²) in [5.41, 5.74) is 8.74. The van der Waals surface area contributed by atoms with Crippen LogP contribution < -0.4 is 5.73 Å². The Balaban J connectivity index is 2.11. The smallest absolute Gasteiger partial charge is 0.193 e. The van der Waals surface area contributed by atoms with E-state index >= 15 is 0 Å². The van der Waals surface area contributed by atoms with Crippen molar-refractivity contribution in [2.45, 2.75) is 25.3 Å². The molecule has 3 nitrogen and oxygen atoms in total. The Bertz CT molecular complexity index is 458. The molecule has 0 saturated heterocycles. The topological polar surface area (TPSA) is 43.8 Å². The van der Waals surface area contributed by atoms with Crippen LogP contribution in [0.15, 0.2) is 23.8 Å². The van der Waals surface area contributed by atoms with Crippen LogP contribution in [-0.4, -0.2) is 9.55 Å². The van der Waals surface area contributed by atoms with Gasteiger partial charge in [-0.2, -0.15) is 0 Å². The molecule has 0 aliphatic heterocycles. The van der Waals surface area contributed by atoms with Gasteiger partial charge in [-0.3, -0.25) is 4.57 Å². The lowest BCUT2D eigenvalue weighted by Crippen LogP contribution is -2.17. The predicted octanol–water partition coefficient (Wildman–Crippen LogP) is 2.27. The van der Waals surface area contributed by atoms with E-state index in [1.165, 1.54) is 17.7 Å². The SMILES string of the molecule is NC1CCCc2c1ccn2-c1nccs1. The van der Waals surface area contributed by atoms with Crippen LogP contribution in [0.25, 0.3) is 5.13 Å². The van der Waals surface area contributed by atoms with Gasteiger partial charge in [-0.25, -0.2) is 4.98 Å². The van der Waals surface area contributed by atoms with Crippen LogP contribution in [0.1, 0.15) is 30.1 Å². The molecule has 15 heavy (non-hydrogen) atoms. The number of fused-ring (bicyclic) bond motifs is 1. The lowest BCUT2D eigenvalue weighted by molar-refractivity contribution is 0.560. The van der Waals surface area contributed by atoms with Crippen molar-refractivity contribution in [3.8, 4) is 5.13 Å². The summed E-state index contributed by atoms with van der Waals surface area (Å²) in [7, 11) is 0. The molecule has 0 spiro atoms. The second-order valence-electron chi connectivity index (χ2n) is 3.90. The van der Waals surface area contributed by atoms with E-state index in [1.807, 2.05) is 11.6 Å². The summed E-state index contributed by atoms with van der Waals surface area (Å²) in [6.45, 7) is 0. The molecule has 1 aliphatic carbocycles. The van der Waals surface area contributed by atoms with Crippen LogP contribution in [0.5, 0.6) is 0 Å². The Kier molecular flexibility index (Phi) is 2.11. The van der Waals surface area contributed by atoms with Crippen molar-refractivity contribution in [1.82, 2.24) is 9.55 Å². The van der Waals surface area contributed by atoms with E-state index < -0.39 is 0 Å².